The standard InChI is InChI=1S/C20H21NO5/c22-19(23)13-26-15-7-5-14(6-8-15)9-11-21-20(24)17-10-12-25-18-4-2-1-3-16(17)18/h1-8,17H,9-13H2,(H,21,24)(H,22,23)/t17-/m1/s1. The van der Waals surface area contributed by atoms with Gasteiger partial charge in [-0.05, 0) is 36.6 Å². The number of nitrogens with one attached hydrogen (secondary N) is 1. The molecule has 1 amide bonds. The monoisotopic (exact) mass is 355 g/mol. The fraction of sp³-hybridized carbons (Fsp3) is 0.300. The summed E-state index contributed by atoms with van der Waals surface area (Å²) in [5.41, 5.74) is 1.98. The van der Waals surface area contributed by atoms with Gasteiger partial charge in [-0.25, -0.2) is 4.79 Å². The molecule has 0 saturated heterocycles. The molecule has 0 aliphatic carbocycles. The molecule has 0 saturated carbocycles. The van der Waals surface area contributed by atoms with Crippen molar-refractivity contribution in [1.82, 2.24) is 5.32 Å². The predicted molar refractivity (Wildman–Crippen MR) is 95.6 cm³/mol. The average Bonchev–Trinajstić information content (AvgIpc) is 2.66. The fourth-order valence-corrected chi connectivity index (χ4v) is 2.97. The second kappa shape index (κ2) is 8.38. The Balaban J connectivity index is 1.49. The molecule has 0 aromatic heterocycles. The normalized spacial score (nSPS) is 15.5. The second-order valence-electron chi connectivity index (χ2n) is 6.09. The van der Waals surface area contributed by atoms with E-state index in [1.807, 2.05) is 36.4 Å². The van der Waals surface area contributed by atoms with Crippen molar-refractivity contribution < 1.29 is 24.2 Å². The molecule has 0 bridgehead atoms. The van der Waals surface area contributed by atoms with Gasteiger partial charge in [-0.3, -0.25) is 4.79 Å². The maximum atomic E-state index is 12.5. The van der Waals surface area contributed by atoms with Gasteiger partial charge in [0.05, 0.1) is 12.5 Å². The molecule has 0 fully saturated rings. The van der Waals surface area contributed by atoms with Crippen LogP contribution in [0.5, 0.6) is 11.5 Å². The lowest BCUT2D eigenvalue weighted by Crippen LogP contribution is -2.33. The van der Waals surface area contributed by atoms with Crippen LogP contribution >= 0.6 is 0 Å². The van der Waals surface area contributed by atoms with Crippen LogP contribution in [0, 0.1) is 0 Å². The summed E-state index contributed by atoms with van der Waals surface area (Å²) in [6.45, 7) is 0.725. The minimum atomic E-state index is -1.01. The number of carboxylic acid groups (broad SMARTS) is 1. The van der Waals surface area contributed by atoms with Crippen LogP contribution in [0.2, 0.25) is 0 Å². The Bertz CT molecular complexity index is 772. The quantitative estimate of drug-likeness (QED) is 0.796. The van der Waals surface area contributed by atoms with Crippen molar-refractivity contribution in [1.29, 1.82) is 0 Å². The van der Waals surface area contributed by atoms with E-state index >= 15 is 0 Å². The van der Waals surface area contributed by atoms with Crippen LogP contribution in [0.1, 0.15) is 23.5 Å². The van der Waals surface area contributed by atoms with Gasteiger partial charge in [0, 0.05) is 12.1 Å². The van der Waals surface area contributed by atoms with Crippen LogP contribution in [-0.4, -0.2) is 36.7 Å². The van der Waals surface area contributed by atoms with Gasteiger partial charge in [0.2, 0.25) is 5.91 Å². The zero-order chi connectivity index (χ0) is 18.4. The number of carbonyl (C=O) groups is 2. The van der Waals surface area contributed by atoms with Crippen molar-refractivity contribution in [2.24, 2.45) is 0 Å². The van der Waals surface area contributed by atoms with E-state index in [0.29, 0.717) is 31.7 Å². The van der Waals surface area contributed by atoms with Crippen LogP contribution in [0.4, 0.5) is 0 Å². The van der Waals surface area contributed by atoms with Crippen molar-refractivity contribution in [3.8, 4) is 11.5 Å². The average molecular weight is 355 g/mol. The lowest BCUT2D eigenvalue weighted by atomic mass is 9.92. The van der Waals surface area contributed by atoms with E-state index in [1.165, 1.54) is 0 Å². The highest BCUT2D eigenvalue weighted by Crippen LogP contribution is 2.33. The van der Waals surface area contributed by atoms with Crippen LogP contribution < -0.4 is 14.8 Å². The van der Waals surface area contributed by atoms with Gasteiger partial charge in [0.15, 0.2) is 6.61 Å². The summed E-state index contributed by atoms with van der Waals surface area (Å²) < 4.78 is 10.7. The summed E-state index contributed by atoms with van der Waals surface area (Å²) in [6.07, 6.45) is 1.37. The number of carbonyl (C=O) groups excluding carboxylic acids is 1. The van der Waals surface area contributed by atoms with E-state index in [2.05, 4.69) is 5.32 Å². The minimum absolute atomic E-state index is 0.0159. The lowest BCUT2D eigenvalue weighted by Gasteiger charge is -2.25. The number of hydrogen-bond donors (Lipinski definition) is 2. The van der Waals surface area contributed by atoms with E-state index in [-0.39, 0.29) is 18.4 Å². The minimum Gasteiger partial charge on any atom is -0.493 e. The van der Waals surface area contributed by atoms with Crippen molar-refractivity contribution in [2.75, 3.05) is 19.8 Å². The molecular weight excluding hydrogens is 334 g/mol. The first-order valence-corrected chi connectivity index (χ1v) is 8.56. The Morgan fingerprint density at radius 2 is 1.92 bits per heavy atom. The largest absolute Gasteiger partial charge is 0.493 e. The van der Waals surface area contributed by atoms with Crippen molar-refractivity contribution in [2.45, 2.75) is 18.8 Å². The summed E-state index contributed by atoms with van der Waals surface area (Å²) in [5.74, 6) is 0.134. The highest BCUT2D eigenvalue weighted by atomic mass is 16.5. The van der Waals surface area contributed by atoms with Crippen LogP contribution in [0.25, 0.3) is 0 Å². The van der Waals surface area contributed by atoms with Crippen LogP contribution in [0.15, 0.2) is 48.5 Å². The third-order valence-electron chi connectivity index (χ3n) is 4.27. The molecule has 1 aliphatic rings. The van der Waals surface area contributed by atoms with E-state index in [0.717, 1.165) is 16.9 Å². The Labute approximate surface area is 151 Å². The number of para-hydroxylation sites is 1. The van der Waals surface area contributed by atoms with Crippen molar-refractivity contribution >= 4 is 11.9 Å². The topological polar surface area (TPSA) is 84.9 Å². The third-order valence-corrected chi connectivity index (χ3v) is 4.27. The number of hydrogen-bond acceptors (Lipinski definition) is 4. The molecule has 2 aromatic carbocycles. The molecule has 3 rings (SSSR count). The number of aliphatic carboxylic acids is 1. The summed E-state index contributed by atoms with van der Waals surface area (Å²) in [6, 6.07) is 14.9. The SMILES string of the molecule is O=C(O)COc1ccc(CCNC(=O)[C@@H]2CCOc3ccccc32)cc1. The molecule has 1 atom stereocenters. The van der Waals surface area contributed by atoms with E-state index in [9.17, 15) is 9.59 Å². The number of fused-ring (bicyclic) bond motifs is 1. The molecular formula is C20H21NO5. The zero-order valence-corrected chi connectivity index (χ0v) is 14.3. The first-order valence-electron chi connectivity index (χ1n) is 8.56. The molecule has 26 heavy (non-hydrogen) atoms. The molecule has 0 spiro atoms. The zero-order valence-electron chi connectivity index (χ0n) is 14.3. The van der Waals surface area contributed by atoms with E-state index < -0.39 is 5.97 Å². The van der Waals surface area contributed by atoms with Gasteiger partial charge in [-0.2, -0.15) is 0 Å². The molecule has 6 nitrogen and oxygen atoms in total. The predicted octanol–water partition coefficient (Wildman–Crippen LogP) is 2.38. The van der Waals surface area contributed by atoms with Gasteiger partial charge < -0.3 is 19.9 Å². The first-order chi connectivity index (χ1) is 12.6. The number of rotatable bonds is 7. The van der Waals surface area contributed by atoms with E-state index in [4.69, 9.17) is 14.6 Å². The fourth-order valence-electron chi connectivity index (χ4n) is 2.97. The lowest BCUT2D eigenvalue weighted by molar-refractivity contribution is -0.139. The molecule has 2 N–H and O–H groups in total. The molecule has 1 aliphatic heterocycles. The Hall–Kier alpha value is -3.02. The van der Waals surface area contributed by atoms with Crippen molar-refractivity contribution in [3.05, 3.63) is 59.7 Å². The first kappa shape index (κ1) is 17.8. The highest BCUT2D eigenvalue weighted by molar-refractivity contribution is 5.84. The van der Waals surface area contributed by atoms with Gasteiger partial charge in [0.1, 0.15) is 11.5 Å². The number of ether oxygens (including phenoxy) is 2. The molecule has 0 unspecified atom stereocenters. The Morgan fingerprint density at radius 3 is 2.69 bits per heavy atom. The Kier molecular flexibility index (Phi) is 5.73. The maximum absolute atomic E-state index is 12.5. The number of carboxylic acids is 1. The highest BCUT2D eigenvalue weighted by Gasteiger charge is 2.26. The summed E-state index contributed by atoms with van der Waals surface area (Å²) in [4.78, 5) is 23.0. The summed E-state index contributed by atoms with van der Waals surface area (Å²) >= 11 is 0. The number of benzene rings is 2. The third kappa shape index (κ3) is 4.53. The smallest absolute Gasteiger partial charge is 0.341 e. The molecule has 0 radical (unpaired) electrons. The van der Waals surface area contributed by atoms with Gasteiger partial charge in [0.25, 0.3) is 0 Å². The number of amides is 1. The summed E-state index contributed by atoms with van der Waals surface area (Å²) in [5, 5.41) is 11.6. The maximum Gasteiger partial charge on any atom is 0.341 e. The molecule has 6 heteroatoms. The van der Waals surface area contributed by atoms with E-state index in [1.54, 1.807) is 12.1 Å². The second-order valence-corrected chi connectivity index (χ2v) is 6.09. The molecule has 136 valence electrons. The summed E-state index contributed by atoms with van der Waals surface area (Å²) in [7, 11) is 0. The Morgan fingerprint density at radius 1 is 1.15 bits per heavy atom. The van der Waals surface area contributed by atoms with Crippen LogP contribution in [-0.2, 0) is 16.0 Å². The van der Waals surface area contributed by atoms with Gasteiger partial charge in [-0.1, -0.05) is 30.3 Å². The van der Waals surface area contributed by atoms with Gasteiger partial charge in [-0.15, -0.1) is 0 Å². The molecule has 2 aromatic rings. The van der Waals surface area contributed by atoms with Gasteiger partial charge >= 0.3 is 5.97 Å². The molecule has 1 heterocycles. The van der Waals surface area contributed by atoms with Crippen LogP contribution in [0.3, 0.4) is 0 Å². The van der Waals surface area contributed by atoms with Crippen molar-refractivity contribution in [3.63, 3.8) is 0 Å².